The molecular formula is C16H28O2. The van der Waals surface area contributed by atoms with Crippen molar-refractivity contribution in [2.75, 3.05) is 0 Å². The zero-order chi connectivity index (χ0) is 13.3. The van der Waals surface area contributed by atoms with Crippen molar-refractivity contribution in [3.63, 3.8) is 0 Å². The van der Waals surface area contributed by atoms with Gasteiger partial charge in [-0.05, 0) is 42.4 Å². The summed E-state index contributed by atoms with van der Waals surface area (Å²) in [6.07, 6.45) is 6.94. The maximum atomic E-state index is 11.6. The highest BCUT2D eigenvalue weighted by molar-refractivity contribution is 5.70. The summed E-state index contributed by atoms with van der Waals surface area (Å²) < 4.78 is 5.66. The van der Waals surface area contributed by atoms with Crippen LogP contribution in [0.25, 0.3) is 0 Å². The third-order valence-electron chi connectivity index (χ3n) is 5.67. The molecule has 0 aromatic heterocycles. The van der Waals surface area contributed by atoms with Crippen molar-refractivity contribution in [3.8, 4) is 0 Å². The fourth-order valence-electron chi connectivity index (χ4n) is 4.45. The van der Waals surface area contributed by atoms with Crippen LogP contribution in [0.4, 0.5) is 0 Å². The van der Waals surface area contributed by atoms with E-state index in [4.69, 9.17) is 4.74 Å². The highest BCUT2D eigenvalue weighted by Crippen LogP contribution is 2.50. The Morgan fingerprint density at radius 2 is 2.06 bits per heavy atom. The molecule has 0 N–H and O–H groups in total. The van der Waals surface area contributed by atoms with Crippen LogP contribution >= 0.6 is 0 Å². The highest BCUT2D eigenvalue weighted by Gasteiger charge is 2.46. The van der Waals surface area contributed by atoms with E-state index in [1.54, 1.807) is 0 Å². The molecule has 18 heavy (non-hydrogen) atoms. The van der Waals surface area contributed by atoms with E-state index in [1.165, 1.54) is 25.7 Å². The maximum Gasteiger partial charge on any atom is 0.306 e. The average molecular weight is 252 g/mol. The quantitative estimate of drug-likeness (QED) is 0.704. The fraction of sp³-hybridized carbons (Fsp3) is 0.938. The van der Waals surface area contributed by atoms with Gasteiger partial charge in [-0.3, -0.25) is 4.79 Å². The molecule has 0 radical (unpaired) electrons. The molecular weight excluding hydrogens is 224 g/mol. The van der Waals surface area contributed by atoms with Gasteiger partial charge in [0, 0.05) is 6.42 Å². The molecule has 1 saturated carbocycles. The number of hydrogen-bond donors (Lipinski definition) is 0. The fourth-order valence-corrected chi connectivity index (χ4v) is 4.45. The van der Waals surface area contributed by atoms with Gasteiger partial charge in [0.2, 0.25) is 0 Å². The van der Waals surface area contributed by atoms with Crippen LogP contribution in [0.5, 0.6) is 0 Å². The van der Waals surface area contributed by atoms with Crippen LogP contribution in [-0.2, 0) is 9.53 Å². The molecule has 1 aliphatic heterocycles. The van der Waals surface area contributed by atoms with Gasteiger partial charge in [-0.1, -0.05) is 40.5 Å². The third-order valence-corrected chi connectivity index (χ3v) is 5.67. The molecule has 1 aliphatic carbocycles. The Hall–Kier alpha value is -0.530. The monoisotopic (exact) mass is 252 g/mol. The second kappa shape index (κ2) is 5.22. The minimum Gasteiger partial charge on any atom is -0.462 e. The SMILES string of the molecule is CCC(CC)C1(C)CCC2C(C)CC(=O)OC2C1. The van der Waals surface area contributed by atoms with E-state index in [-0.39, 0.29) is 12.1 Å². The molecule has 2 fully saturated rings. The lowest BCUT2D eigenvalue weighted by Gasteiger charge is -2.49. The van der Waals surface area contributed by atoms with Crippen molar-refractivity contribution in [2.45, 2.75) is 72.3 Å². The van der Waals surface area contributed by atoms with Crippen molar-refractivity contribution < 1.29 is 9.53 Å². The first-order valence-corrected chi connectivity index (χ1v) is 7.69. The Kier molecular flexibility index (Phi) is 4.03. The Morgan fingerprint density at radius 1 is 1.39 bits per heavy atom. The van der Waals surface area contributed by atoms with E-state index < -0.39 is 0 Å². The molecule has 2 heteroatoms. The largest absolute Gasteiger partial charge is 0.462 e. The predicted octanol–water partition coefficient (Wildman–Crippen LogP) is 4.18. The van der Waals surface area contributed by atoms with E-state index in [0.29, 0.717) is 23.7 Å². The lowest BCUT2D eigenvalue weighted by Crippen LogP contribution is -2.47. The van der Waals surface area contributed by atoms with Crippen LogP contribution < -0.4 is 0 Å². The summed E-state index contributed by atoms with van der Waals surface area (Å²) in [5, 5.41) is 0. The molecule has 104 valence electrons. The molecule has 0 aromatic carbocycles. The molecule has 4 unspecified atom stereocenters. The van der Waals surface area contributed by atoms with Gasteiger partial charge in [0.25, 0.3) is 0 Å². The van der Waals surface area contributed by atoms with E-state index in [9.17, 15) is 4.79 Å². The number of fused-ring (bicyclic) bond motifs is 1. The minimum atomic E-state index is 0.0255. The van der Waals surface area contributed by atoms with E-state index in [2.05, 4.69) is 27.7 Å². The van der Waals surface area contributed by atoms with Crippen molar-refractivity contribution in [1.82, 2.24) is 0 Å². The summed E-state index contributed by atoms with van der Waals surface area (Å²) in [5.41, 5.74) is 0.377. The molecule has 0 spiro atoms. The highest BCUT2D eigenvalue weighted by atomic mass is 16.5. The summed E-state index contributed by atoms with van der Waals surface area (Å²) in [6, 6.07) is 0. The molecule has 2 nitrogen and oxygen atoms in total. The van der Waals surface area contributed by atoms with E-state index in [1.807, 2.05) is 0 Å². The van der Waals surface area contributed by atoms with Crippen molar-refractivity contribution >= 4 is 5.97 Å². The van der Waals surface area contributed by atoms with E-state index >= 15 is 0 Å². The lowest BCUT2D eigenvalue weighted by molar-refractivity contribution is -0.172. The Labute approximate surface area is 111 Å². The zero-order valence-corrected chi connectivity index (χ0v) is 12.4. The number of esters is 1. The first-order valence-electron chi connectivity index (χ1n) is 7.69. The standard InChI is InChI=1S/C16H28O2/c1-5-12(6-2)16(4)8-7-13-11(3)9-15(17)18-14(13)10-16/h11-14H,5-10H2,1-4H3. The molecule has 1 heterocycles. The van der Waals surface area contributed by atoms with Gasteiger partial charge in [-0.25, -0.2) is 0 Å². The van der Waals surface area contributed by atoms with Crippen molar-refractivity contribution in [3.05, 3.63) is 0 Å². The number of carbonyl (C=O) groups excluding carboxylic acids is 1. The van der Waals surface area contributed by atoms with Gasteiger partial charge >= 0.3 is 5.97 Å². The minimum absolute atomic E-state index is 0.0255. The van der Waals surface area contributed by atoms with Crippen LogP contribution in [0.2, 0.25) is 0 Å². The van der Waals surface area contributed by atoms with Crippen LogP contribution in [0.1, 0.15) is 66.2 Å². The van der Waals surface area contributed by atoms with Gasteiger partial charge in [0.05, 0.1) is 0 Å². The Balaban J connectivity index is 2.10. The molecule has 1 saturated heterocycles. The third kappa shape index (κ3) is 2.44. The number of hydrogen-bond acceptors (Lipinski definition) is 2. The number of rotatable bonds is 3. The predicted molar refractivity (Wildman–Crippen MR) is 73.2 cm³/mol. The first-order chi connectivity index (χ1) is 8.50. The average Bonchev–Trinajstić information content (AvgIpc) is 2.29. The Morgan fingerprint density at radius 3 is 2.67 bits per heavy atom. The summed E-state index contributed by atoms with van der Waals surface area (Å²) >= 11 is 0. The molecule has 2 rings (SSSR count). The molecule has 2 aliphatic rings. The van der Waals surface area contributed by atoms with Gasteiger partial charge in [-0.15, -0.1) is 0 Å². The van der Waals surface area contributed by atoms with Crippen molar-refractivity contribution in [2.24, 2.45) is 23.2 Å². The van der Waals surface area contributed by atoms with Crippen LogP contribution in [0.15, 0.2) is 0 Å². The second-order valence-corrected chi connectivity index (χ2v) is 6.78. The first kappa shape index (κ1) is 13.9. The van der Waals surface area contributed by atoms with Crippen molar-refractivity contribution in [1.29, 1.82) is 0 Å². The van der Waals surface area contributed by atoms with Crippen LogP contribution in [0.3, 0.4) is 0 Å². The van der Waals surface area contributed by atoms with E-state index in [0.717, 1.165) is 12.3 Å². The van der Waals surface area contributed by atoms with Crippen LogP contribution in [0, 0.1) is 23.2 Å². The molecule has 0 amide bonds. The summed E-state index contributed by atoms with van der Waals surface area (Å²) in [4.78, 5) is 11.6. The van der Waals surface area contributed by atoms with Gasteiger partial charge in [0.1, 0.15) is 6.10 Å². The normalized spacial score (nSPS) is 40.5. The molecule has 4 atom stereocenters. The zero-order valence-electron chi connectivity index (χ0n) is 12.4. The van der Waals surface area contributed by atoms with Gasteiger partial charge in [0.15, 0.2) is 0 Å². The van der Waals surface area contributed by atoms with Gasteiger partial charge in [-0.2, -0.15) is 0 Å². The van der Waals surface area contributed by atoms with Gasteiger partial charge < -0.3 is 4.74 Å². The molecule has 0 bridgehead atoms. The maximum absolute atomic E-state index is 11.6. The molecule has 0 aromatic rings. The summed E-state index contributed by atoms with van der Waals surface area (Å²) in [5.74, 6) is 1.93. The number of carbonyl (C=O) groups is 1. The second-order valence-electron chi connectivity index (χ2n) is 6.78. The summed E-state index contributed by atoms with van der Waals surface area (Å²) in [6.45, 7) is 9.22. The topological polar surface area (TPSA) is 26.3 Å². The summed E-state index contributed by atoms with van der Waals surface area (Å²) in [7, 11) is 0. The Bertz CT molecular complexity index is 308. The van der Waals surface area contributed by atoms with Crippen LogP contribution in [-0.4, -0.2) is 12.1 Å². The smallest absolute Gasteiger partial charge is 0.306 e. The lowest BCUT2D eigenvalue weighted by atomic mass is 9.60. The number of ether oxygens (including phenoxy) is 1.